The standard InChI is InChI=1S/C20H25N3O2/c1-12(2)15-8-9-17-16(11-15)7-6-10-23(17)20(25)18-13(3)14(4)21-22(5)19(18)24/h8-9,11-12H,6-7,10H2,1-5H3. The normalized spacial score (nSPS) is 13.9. The van der Waals surface area contributed by atoms with E-state index in [-0.39, 0.29) is 17.0 Å². The Labute approximate surface area is 148 Å². The van der Waals surface area contributed by atoms with Gasteiger partial charge in [0, 0.05) is 19.3 Å². The van der Waals surface area contributed by atoms with Crippen molar-refractivity contribution in [2.45, 2.75) is 46.5 Å². The molecule has 0 spiro atoms. The Morgan fingerprint density at radius 3 is 2.64 bits per heavy atom. The van der Waals surface area contributed by atoms with Gasteiger partial charge in [0.25, 0.3) is 11.5 Å². The molecule has 0 N–H and O–H groups in total. The van der Waals surface area contributed by atoms with Crippen LogP contribution in [0.15, 0.2) is 23.0 Å². The Hall–Kier alpha value is -2.43. The van der Waals surface area contributed by atoms with Gasteiger partial charge in [0.05, 0.1) is 5.69 Å². The molecule has 25 heavy (non-hydrogen) atoms. The van der Waals surface area contributed by atoms with Gasteiger partial charge in [-0.1, -0.05) is 26.0 Å². The molecule has 1 aromatic carbocycles. The van der Waals surface area contributed by atoms with E-state index < -0.39 is 0 Å². The summed E-state index contributed by atoms with van der Waals surface area (Å²) in [6, 6.07) is 6.30. The van der Waals surface area contributed by atoms with Crippen LogP contribution in [0.3, 0.4) is 0 Å². The molecule has 0 radical (unpaired) electrons. The maximum atomic E-state index is 13.2. The first-order valence-corrected chi connectivity index (χ1v) is 8.80. The van der Waals surface area contributed by atoms with Gasteiger partial charge in [0.1, 0.15) is 5.56 Å². The number of rotatable bonds is 2. The zero-order chi connectivity index (χ0) is 18.3. The fraction of sp³-hybridized carbons (Fsp3) is 0.450. The van der Waals surface area contributed by atoms with Crippen molar-refractivity contribution in [1.82, 2.24) is 9.78 Å². The van der Waals surface area contributed by atoms with Gasteiger partial charge >= 0.3 is 0 Å². The predicted molar refractivity (Wildman–Crippen MR) is 99.5 cm³/mol. The third kappa shape index (κ3) is 2.99. The van der Waals surface area contributed by atoms with Gasteiger partial charge in [-0.3, -0.25) is 9.59 Å². The highest BCUT2D eigenvalue weighted by Gasteiger charge is 2.28. The summed E-state index contributed by atoms with van der Waals surface area (Å²) in [4.78, 5) is 27.5. The summed E-state index contributed by atoms with van der Waals surface area (Å²) in [5, 5.41) is 4.17. The SMILES string of the molecule is Cc1nn(C)c(=O)c(C(=O)N2CCCc3cc(C(C)C)ccc32)c1C. The minimum atomic E-state index is -0.334. The Morgan fingerprint density at radius 1 is 1.24 bits per heavy atom. The van der Waals surface area contributed by atoms with Crippen LogP contribution < -0.4 is 10.5 Å². The summed E-state index contributed by atoms with van der Waals surface area (Å²) in [5.74, 6) is 0.232. The van der Waals surface area contributed by atoms with Crippen LogP contribution in [0.2, 0.25) is 0 Å². The van der Waals surface area contributed by atoms with Crippen molar-refractivity contribution in [1.29, 1.82) is 0 Å². The number of nitrogens with zero attached hydrogens (tertiary/aromatic N) is 3. The highest BCUT2D eigenvalue weighted by molar-refractivity contribution is 6.07. The van der Waals surface area contributed by atoms with Crippen LogP contribution in [0.4, 0.5) is 5.69 Å². The molecule has 1 aliphatic rings. The maximum Gasteiger partial charge on any atom is 0.279 e. The number of aromatic nitrogens is 2. The van der Waals surface area contributed by atoms with Crippen molar-refractivity contribution in [3.8, 4) is 0 Å². The molecule has 132 valence electrons. The molecule has 0 aliphatic carbocycles. The number of carbonyl (C=O) groups excluding carboxylic acids is 1. The van der Waals surface area contributed by atoms with E-state index in [4.69, 9.17) is 0 Å². The molecule has 3 rings (SSSR count). The van der Waals surface area contributed by atoms with E-state index in [1.165, 1.54) is 15.8 Å². The van der Waals surface area contributed by atoms with Crippen molar-refractivity contribution in [2.24, 2.45) is 7.05 Å². The molecule has 2 aromatic rings. The van der Waals surface area contributed by atoms with Crippen LogP contribution in [0.25, 0.3) is 0 Å². The maximum absolute atomic E-state index is 13.2. The van der Waals surface area contributed by atoms with Crippen LogP contribution in [0, 0.1) is 13.8 Å². The molecule has 5 heteroatoms. The smallest absolute Gasteiger partial charge is 0.279 e. The summed E-state index contributed by atoms with van der Waals surface area (Å²) >= 11 is 0. The third-order valence-electron chi connectivity index (χ3n) is 5.07. The first-order valence-electron chi connectivity index (χ1n) is 8.80. The molecule has 1 aromatic heterocycles. The second-order valence-corrected chi connectivity index (χ2v) is 7.12. The second-order valence-electron chi connectivity index (χ2n) is 7.12. The van der Waals surface area contributed by atoms with Crippen molar-refractivity contribution >= 4 is 11.6 Å². The number of amides is 1. The van der Waals surface area contributed by atoms with Gasteiger partial charge in [-0.15, -0.1) is 0 Å². The fourth-order valence-electron chi connectivity index (χ4n) is 3.42. The lowest BCUT2D eigenvalue weighted by molar-refractivity contribution is 0.0982. The first-order chi connectivity index (χ1) is 11.8. The summed E-state index contributed by atoms with van der Waals surface area (Å²) < 4.78 is 1.25. The van der Waals surface area contributed by atoms with Gasteiger partial charge in [0.2, 0.25) is 0 Å². The average Bonchev–Trinajstić information content (AvgIpc) is 2.59. The molecule has 0 atom stereocenters. The van der Waals surface area contributed by atoms with E-state index in [1.807, 2.05) is 13.0 Å². The van der Waals surface area contributed by atoms with E-state index in [1.54, 1.807) is 18.9 Å². The topological polar surface area (TPSA) is 55.2 Å². The second kappa shape index (κ2) is 6.47. The molecule has 0 bridgehead atoms. The quantitative estimate of drug-likeness (QED) is 0.845. The van der Waals surface area contributed by atoms with E-state index in [2.05, 4.69) is 31.1 Å². The highest BCUT2D eigenvalue weighted by atomic mass is 16.2. The summed E-state index contributed by atoms with van der Waals surface area (Å²) in [6.07, 6.45) is 1.87. The molecule has 1 amide bonds. The molecule has 0 saturated carbocycles. The Morgan fingerprint density at radius 2 is 1.96 bits per heavy atom. The van der Waals surface area contributed by atoms with Gasteiger partial charge < -0.3 is 4.90 Å². The number of hydrogen-bond donors (Lipinski definition) is 0. The van der Waals surface area contributed by atoms with Gasteiger partial charge in [0.15, 0.2) is 0 Å². The molecule has 0 unspecified atom stereocenters. The van der Waals surface area contributed by atoms with Crippen LogP contribution >= 0.6 is 0 Å². The van der Waals surface area contributed by atoms with Gasteiger partial charge in [-0.25, -0.2) is 4.68 Å². The third-order valence-corrected chi connectivity index (χ3v) is 5.07. The van der Waals surface area contributed by atoms with Crippen molar-refractivity contribution in [3.63, 3.8) is 0 Å². The minimum Gasteiger partial charge on any atom is -0.308 e. The van der Waals surface area contributed by atoms with Crippen LogP contribution in [0.5, 0.6) is 0 Å². The predicted octanol–water partition coefficient (Wildman–Crippen LogP) is 3.11. The van der Waals surface area contributed by atoms with Crippen molar-refractivity contribution in [3.05, 3.63) is 56.5 Å². The summed E-state index contributed by atoms with van der Waals surface area (Å²) in [6.45, 7) is 8.59. The van der Waals surface area contributed by atoms with E-state index in [9.17, 15) is 9.59 Å². The molecule has 1 aliphatic heterocycles. The van der Waals surface area contributed by atoms with Crippen LogP contribution in [0.1, 0.15) is 58.9 Å². The lowest BCUT2D eigenvalue weighted by Gasteiger charge is -2.30. The number of benzene rings is 1. The van der Waals surface area contributed by atoms with Crippen molar-refractivity contribution < 1.29 is 4.79 Å². The number of aryl methyl sites for hydroxylation is 3. The number of anilines is 1. The molecular formula is C20H25N3O2. The van der Waals surface area contributed by atoms with Crippen molar-refractivity contribution in [2.75, 3.05) is 11.4 Å². The summed E-state index contributed by atoms with van der Waals surface area (Å²) in [7, 11) is 1.59. The molecule has 0 fully saturated rings. The first kappa shape index (κ1) is 17.4. The minimum absolute atomic E-state index is 0.221. The molecular weight excluding hydrogens is 314 g/mol. The van der Waals surface area contributed by atoms with E-state index in [0.717, 1.165) is 18.5 Å². The molecule has 5 nitrogen and oxygen atoms in total. The summed E-state index contributed by atoms with van der Waals surface area (Å²) in [5.41, 5.74) is 4.66. The number of hydrogen-bond acceptors (Lipinski definition) is 3. The molecule has 2 heterocycles. The van der Waals surface area contributed by atoms with Gasteiger partial charge in [-0.05, 0) is 55.4 Å². The number of carbonyl (C=O) groups is 1. The Balaban J connectivity index is 2.08. The van der Waals surface area contributed by atoms with E-state index >= 15 is 0 Å². The Kier molecular flexibility index (Phi) is 4.50. The largest absolute Gasteiger partial charge is 0.308 e. The fourth-order valence-corrected chi connectivity index (χ4v) is 3.42. The monoisotopic (exact) mass is 339 g/mol. The lowest BCUT2D eigenvalue weighted by atomic mass is 9.94. The van der Waals surface area contributed by atoms with Crippen LogP contribution in [-0.2, 0) is 13.5 Å². The molecule has 0 saturated heterocycles. The highest BCUT2D eigenvalue weighted by Crippen LogP contribution is 2.31. The average molecular weight is 339 g/mol. The number of fused-ring (bicyclic) bond motifs is 1. The lowest BCUT2D eigenvalue weighted by Crippen LogP contribution is -2.40. The van der Waals surface area contributed by atoms with Crippen LogP contribution in [-0.4, -0.2) is 22.2 Å². The zero-order valence-electron chi connectivity index (χ0n) is 15.6. The van der Waals surface area contributed by atoms with E-state index in [0.29, 0.717) is 23.7 Å². The van der Waals surface area contributed by atoms with Gasteiger partial charge in [-0.2, -0.15) is 5.10 Å². The zero-order valence-corrected chi connectivity index (χ0v) is 15.6. The Bertz CT molecular complexity index is 897.